The Labute approximate surface area is 215 Å². The van der Waals surface area contributed by atoms with Crippen LogP contribution in [0.5, 0.6) is 0 Å². The van der Waals surface area contributed by atoms with Gasteiger partial charge in [-0.2, -0.15) is 0 Å². The molecule has 0 amide bonds. The van der Waals surface area contributed by atoms with Gasteiger partial charge in [-0.25, -0.2) is 9.97 Å². The van der Waals surface area contributed by atoms with Crippen molar-refractivity contribution in [2.45, 2.75) is 38.5 Å². The molecule has 0 saturated heterocycles. The molecule has 2 aromatic carbocycles. The molecular formula is C30H29N5O2. The Morgan fingerprint density at radius 1 is 0.676 bits per heavy atom. The van der Waals surface area contributed by atoms with Crippen molar-refractivity contribution >= 4 is 11.6 Å². The van der Waals surface area contributed by atoms with E-state index in [-0.39, 0.29) is 23.4 Å². The van der Waals surface area contributed by atoms with Crippen molar-refractivity contribution in [2.75, 3.05) is 0 Å². The zero-order valence-electron chi connectivity index (χ0n) is 20.9. The number of nitrogens with zero attached hydrogens (tertiary/aromatic N) is 4. The fourth-order valence-electron chi connectivity index (χ4n) is 4.58. The van der Waals surface area contributed by atoms with Crippen LogP contribution in [0, 0.1) is 0 Å². The van der Waals surface area contributed by atoms with Gasteiger partial charge in [-0.3, -0.25) is 18.7 Å². The highest BCUT2D eigenvalue weighted by molar-refractivity contribution is 5.94. The molecule has 0 saturated carbocycles. The summed E-state index contributed by atoms with van der Waals surface area (Å²) >= 11 is 0. The zero-order valence-corrected chi connectivity index (χ0v) is 20.9. The second-order valence-electron chi connectivity index (χ2n) is 9.34. The molecule has 186 valence electrons. The van der Waals surface area contributed by atoms with Gasteiger partial charge in [0.1, 0.15) is 0 Å². The van der Waals surface area contributed by atoms with Gasteiger partial charge in [0.25, 0.3) is 0 Å². The third-order valence-corrected chi connectivity index (χ3v) is 6.63. The van der Waals surface area contributed by atoms with E-state index < -0.39 is 0 Å². The van der Waals surface area contributed by atoms with Crippen molar-refractivity contribution in [2.24, 2.45) is 0 Å². The molecule has 0 radical (unpaired) electrons. The quantitative estimate of drug-likeness (QED) is 0.238. The van der Waals surface area contributed by atoms with Crippen LogP contribution in [0.15, 0.2) is 97.6 Å². The molecule has 0 spiro atoms. The van der Waals surface area contributed by atoms with Crippen LogP contribution < -0.4 is 0 Å². The van der Waals surface area contributed by atoms with Gasteiger partial charge in [-0.15, -0.1) is 0 Å². The Hall–Kier alpha value is -4.52. The Kier molecular flexibility index (Phi) is 6.94. The molecule has 0 fully saturated rings. The van der Waals surface area contributed by atoms with E-state index in [1.807, 2.05) is 108 Å². The van der Waals surface area contributed by atoms with Crippen LogP contribution in [-0.2, 0) is 0 Å². The lowest BCUT2D eigenvalue weighted by molar-refractivity contribution is 0.0956. The number of Topliss-reactive ketones (excluding diaryl/α,β-unsaturated/α-hetero) is 2. The van der Waals surface area contributed by atoms with E-state index in [0.29, 0.717) is 24.5 Å². The maximum atomic E-state index is 13.1. The minimum atomic E-state index is -0.0259. The summed E-state index contributed by atoms with van der Waals surface area (Å²) in [6, 6.07) is 23.5. The second kappa shape index (κ2) is 10.6. The molecule has 3 aromatic heterocycles. The lowest BCUT2D eigenvalue weighted by atomic mass is 10.0. The zero-order chi connectivity index (χ0) is 25.8. The number of aromatic amines is 1. The number of rotatable bonds is 10. The molecule has 7 heteroatoms. The molecule has 2 atom stereocenters. The lowest BCUT2D eigenvalue weighted by Gasteiger charge is -2.13. The number of H-pyrrole nitrogens is 1. The first-order valence-corrected chi connectivity index (χ1v) is 12.4. The van der Waals surface area contributed by atoms with Gasteiger partial charge in [-0.05, 0) is 36.4 Å². The largest absolute Gasteiger partial charge is 0.362 e. The van der Waals surface area contributed by atoms with Crippen LogP contribution in [-0.4, -0.2) is 35.7 Å². The number of carbonyl (C=O) groups is 2. The minimum absolute atomic E-state index is 0.0199. The molecule has 5 rings (SSSR count). The van der Waals surface area contributed by atoms with Gasteiger partial charge in [0.2, 0.25) is 0 Å². The summed E-state index contributed by atoms with van der Waals surface area (Å²) < 4.78 is 3.64. The summed E-state index contributed by atoms with van der Waals surface area (Å²) in [7, 11) is 0. The number of aromatic nitrogens is 5. The summed E-state index contributed by atoms with van der Waals surface area (Å²) in [4.78, 5) is 38.3. The van der Waals surface area contributed by atoms with Crippen molar-refractivity contribution in [3.8, 4) is 11.4 Å². The first-order valence-electron chi connectivity index (χ1n) is 12.4. The highest BCUT2D eigenvalue weighted by Crippen LogP contribution is 2.26. The van der Waals surface area contributed by atoms with E-state index in [4.69, 9.17) is 0 Å². The summed E-state index contributed by atoms with van der Waals surface area (Å²) in [5.41, 5.74) is 3.74. The first kappa shape index (κ1) is 24.2. The van der Waals surface area contributed by atoms with Crippen molar-refractivity contribution < 1.29 is 9.59 Å². The van der Waals surface area contributed by atoms with Crippen molar-refractivity contribution in [1.82, 2.24) is 24.1 Å². The number of imidazole rings is 2. The Bertz CT molecular complexity index is 1380. The van der Waals surface area contributed by atoms with Gasteiger partial charge in [0, 0.05) is 72.2 Å². The van der Waals surface area contributed by atoms with Crippen LogP contribution in [0.25, 0.3) is 11.4 Å². The predicted molar refractivity (Wildman–Crippen MR) is 143 cm³/mol. The maximum absolute atomic E-state index is 13.1. The maximum Gasteiger partial charge on any atom is 0.199 e. The molecule has 0 aliphatic heterocycles. The number of carbonyl (C=O) groups excluding carboxylic acids is 2. The molecule has 0 aliphatic carbocycles. The van der Waals surface area contributed by atoms with E-state index in [1.165, 1.54) is 0 Å². The van der Waals surface area contributed by atoms with E-state index in [2.05, 4.69) is 15.0 Å². The molecule has 3 heterocycles. The first-order chi connectivity index (χ1) is 18.0. The van der Waals surface area contributed by atoms with Gasteiger partial charge < -0.3 is 4.98 Å². The average Bonchev–Trinajstić information content (AvgIpc) is 3.70. The third-order valence-electron chi connectivity index (χ3n) is 6.63. The number of hydrogen-bond donors (Lipinski definition) is 1. The topological polar surface area (TPSA) is 85.6 Å². The fraction of sp³-hybridized carbons (Fsp3) is 0.200. The molecule has 37 heavy (non-hydrogen) atoms. The highest BCUT2D eigenvalue weighted by Gasteiger charge is 2.22. The van der Waals surface area contributed by atoms with Gasteiger partial charge in [-0.1, -0.05) is 50.2 Å². The standard InChI is InChI=1S/C30H29N5O2/c1-21(19-27(36)29-31-15-17-34(29)23-9-5-3-6-10-23)25-13-14-26(33-25)22(2)20-28(37)30-32-16-18-35(30)24-11-7-4-8-12-24/h3-18,21-22,33H,19-20H2,1-2H3/t21-,22-/m1/s1. The number of para-hydroxylation sites is 2. The lowest BCUT2D eigenvalue weighted by Crippen LogP contribution is -2.13. The van der Waals surface area contributed by atoms with E-state index in [0.717, 1.165) is 22.8 Å². The van der Waals surface area contributed by atoms with E-state index >= 15 is 0 Å². The normalized spacial score (nSPS) is 12.8. The predicted octanol–water partition coefficient (Wildman–Crippen LogP) is 6.14. The van der Waals surface area contributed by atoms with Crippen LogP contribution in [0.3, 0.4) is 0 Å². The minimum Gasteiger partial charge on any atom is -0.362 e. The van der Waals surface area contributed by atoms with E-state index in [9.17, 15) is 9.59 Å². The van der Waals surface area contributed by atoms with Crippen LogP contribution >= 0.6 is 0 Å². The number of benzene rings is 2. The number of ketones is 2. The highest BCUT2D eigenvalue weighted by atomic mass is 16.1. The summed E-state index contributed by atoms with van der Waals surface area (Å²) in [6.45, 7) is 4.05. The van der Waals surface area contributed by atoms with Crippen LogP contribution in [0.4, 0.5) is 0 Å². The van der Waals surface area contributed by atoms with Crippen molar-refractivity contribution in [3.63, 3.8) is 0 Å². The van der Waals surface area contributed by atoms with Crippen LogP contribution in [0.2, 0.25) is 0 Å². The Balaban J connectivity index is 1.24. The molecule has 7 nitrogen and oxygen atoms in total. The van der Waals surface area contributed by atoms with Crippen LogP contribution in [0.1, 0.15) is 71.2 Å². The smallest absolute Gasteiger partial charge is 0.199 e. The summed E-state index contributed by atoms with van der Waals surface area (Å²) in [5, 5.41) is 0. The second-order valence-corrected chi connectivity index (χ2v) is 9.34. The van der Waals surface area contributed by atoms with Crippen molar-refractivity contribution in [1.29, 1.82) is 0 Å². The molecule has 0 unspecified atom stereocenters. The Morgan fingerprint density at radius 3 is 1.49 bits per heavy atom. The van der Waals surface area contributed by atoms with Gasteiger partial charge >= 0.3 is 0 Å². The fourth-order valence-corrected chi connectivity index (χ4v) is 4.58. The Morgan fingerprint density at radius 2 is 1.08 bits per heavy atom. The van der Waals surface area contributed by atoms with Gasteiger partial charge in [0.05, 0.1) is 0 Å². The summed E-state index contributed by atoms with van der Waals surface area (Å²) in [5.74, 6) is 0.765. The molecule has 0 aliphatic rings. The molecule has 5 aromatic rings. The SMILES string of the molecule is C[C@H](CC(=O)c1nccn1-c1ccccc1)c1ccc([C@H](C)CC(=O)c2nccn2-c2ccccc2)[nH]1. The average molecular weight is 492 g/mol. The number of hydrogen-bond acceptors (Lipinski definition) is 4. The van der Waals surface area contributed by atoms with Gasteiger partial charge in [0.15, 0.2) is 23.2 Å². The molecule has 1 N–H and O–H groups in total. The molecule has 0 bridgehead atoms. The monoisotopic (exact) mass is 491 g/mol. The van der Waals surface area contributed by atoms with E-state index in [1.54, 1.807) is 12.4 Å². The van der Waals surface area contributed by atoms with Crippen molar-refractivity contribution in [3.05, 3.63) is 121 Å². The number of nitrogens with one attached hydrogen (secondary N) is 1. The molecular weight excluding hydrogens is 462 g/mol. The third kappa shape index (κ3) is 5.21. The summed E-state index contributed by atoms with van der Waals surface area (Å²) in [6.07, 6.45) is 7.57.